The van der Waals surface area contributed by atoms with Crippen molar-refractivity contribution in [3.8, 4) is 0 Å². The van der Waals surface area contributed by atoms with Crippen LogP contribution in [0.3, 0.4) is 0 Å². The first kappa shape index (κ1) is 20.4. The Morgan fingerprint density at radius 2 is 1.37 bits per heavy atom. The maximum Gasteiger partial charge on any atom is 0.263 e. The highest BCUT2D eigenvalue weighted by molar-refractivity contribution is 7.92. The van der Waals surface area contributed by atoms with E-state index in [1.807, 2.05) is 13.0 Å². The number of nitrogens with one attached hydrogen (secondary N) is 2. The summed E-state index contributed by atoms with van der Waals surface area (Å²) in [6.07, 6.45) is 0. The van der Waals surface area contributed by atoms with Crippen LogP contribution in [-0.2, 0) is 10.0 Å². The molecule has 0 radical (unpaired) electrons. The summed E-state index contributed by atoms with van der Waals surface area (Å²) >= 11 is 12.2. The van der Waals surface area contributed by atoms with E-state index in [-0.39, 0.29) is 16.5 Å². The molecular formula is C21H16Cl2N4O2S. The molecular weight excluding hydrogens is 443 g/mol. The predicted molar refractivity (Wildman–Crippen MR) is 121 cm³/mol. The molecule has 0 atom stereocenters. The quantitative estimate of drug-likeness (QED) is 0.395. The molecule has 0 fully saturated rings. The first-order chi connectivity index (χ1) is 14.3. The van der Waals surface area contributed by atoms with Crippen LogP contribution in [0.5, 0.6) is 0 Å². The summed E-state index contributed by atoms with van der Waals surface area (Å²) in [5, 5.41) is 3.92. The van der Waals surface area contributed by atoms with Gasteiger partial charge in [0.05, 0.1) is 15.9 Å². The number of sulfonamides is 1. The molecule has 6 nitrogen and oxygen atoms in total. The molecule has 0 aliphatic heterocycles. The molecule has 0 spiro atoms. The molecule has 0 unspecified atom stereocenters. The molecule has 0 aliphatic carbocycles. The topological polar surface area (TPSA) is 84.0 Å². The lowest BCUT2D eigenvalue weighted by atomic mass is 10.2. The number of hydrogen-bond acceptors (Lipinski definition) is 5. The summed E-state index contributed by atoms with van der Waals surface area (Å²) < 4.78 is 28.4. The molecule has 1 aromatic heterocycles. The highest BCUT2D eigenvalue weighted by Gasteiger charge is 2.19. The molecule has 0 bridgehead atoms. The van der Waals surface area contributed by atoms with Gasteiger partial charge in [-0.1, -0.05) is 53.0 Å². The van der Waals surface area contributed by atoms with E-state index in [1.54, 1.807) is 48.5 Å². The number of nitrogens with zero attached hydrogens (tertiary/aromatic N) is 2. The van der Waals surface area contributed by atoms with E-state index in [1.165, 1.54) is 12.1 Å². The van der Waals surface area contributed by atoms with Gasteiger partial charge in [-0.25, -0.2) is 18.4 Å². The monoisotopic (exact) mass is 458 g/mol. The van der Waals surface area contributed by atoms with Crippen molar-refractivity contribution in [1.82, 2.24) is 9.97 Å². The average Bonchev–Trinajstić information content (AvgIpc) is 2.68. The lowest BCUT2D eigenvalue weighted by Crippen LogP contribution is -2.16. The number of aromatic nitrogens is 2. The third kappa shape index (κ3) is 4.48. The second-order valence-corrected chi connectivity index (χ2v) is 9.17. The minimum absolute atomic E-state index is 0.0605. The van der Waals surface area contributed by atoms with Crippen LogP contribution in [0.4, 0.5) is 17.3 Å². The Labute approximate surface area is 183 Å². The van der Waals surface area contributed by atoms with Gasteiger partial charge in [0.2, 0.25) is 0 Å². The molecule has 4 rings (SSSR count). The van der Waals surface area contributed by atoms with E-state index in [0.717, 1.165) is 5.56 Å². The van der Waals surface area contributed by atoms with Crippen LogP contribution in [0.1, 0.15) is 5.56 Å². The van der Waals surface area contributed by atoms with Gasteiger partial charge >= 0.3 is 0 Å². The number of fused-ring (bicyclic) bond motifs is 1. The zero-order valence-electron chi connectivity index (χ0n) is 15.7. The smallest absolute Gasteiger partial charge is 0.263 e. The van der Waals surface area contributed by atoms with Crippen LogP contribution in [-0.4, -0.2) is 18.4 Å². The molecule has 0 saturated carbocycles. The van der Waals surface area contributed by atoms with Crippen LogP contribution in [0.15, 0.2) is 71.6 Å². The first-order valence-corrected chi connectivity index (χ1v) is 11.1. The van der Waals surface area contributed by atoms with E-state index in [0.29, 0.717) is 26.8 Å². The number of hydrogen-bond donors (Lipinski definition) is 2. The lowest BCUT2D eigenvalue weighted by molar-refractivity contribution is 0.601. The van der Waals surface area contributed by atoms with E-state index in [4.69, 9.17) is 23.2 Å². The molecule has 152 valence electrons. The Morgan fingerprint density at radius 1 is 0.800 bits per heavy atom. The molecule has 30 heavy (non-hydrogen) atoms. The van der Waals surface area contributed by atoms with Gasteiger partial charge in [-0.3, -0.25) is 4.72 Å². The van der Waals surface area contributed by atoms with Gasteiger partial charge in [0.1, 0.15) is 0 Å². The number of benzene rings is 3. The zero-order valence-corrected chi connectivity index (χ0v) is 18.1. The molecule has 9 heteroatoms. The number of rotatable bonds is 5. The summed E-state index contributed by atoms with van der Waals surface area (Å²) in [6, 6.07) is 18.6. The fourth-order valence-corrected chi connectivity index (χ4v) is 4.36. The second kappa shape index (κ2) is 8.10. The Balaban J connectivity index is 1.79. The van der Waals surface area contributed by atoms with E-state index in [2.05, 4.69) is 20.0 Å². The number of aryl methyl sites for hydroxylation is 1. The summed E-state index contributed by atoms with van der Waals surface area (Å²) in [5.41, 5.74) is 2.66. The predicted octanol–water partition coefficient (Wildman–Crippen LogP) is 5.79. The van der Waals surface area contributed by atoms with Crippen molar-refractivity contribution in [1.29, 1.82) is 0 Å². The number of para-hydroxylation sites is 2. The Bertz CT molecular complexity index is 1320. The first-order valence-electron chi connectivity index (χ1n) is 8.89. The molecule has 1 heterocycles. The zero-order chi connectivity index (χ0) is 21.3. The largest absolute Gasteiger partial charge is 0.337 e. The maximum atomic E-state index is 12.9. The highest BCUT2D eigenvalue weighted by Crippen LogP contribution is 2.30. The van der Waals surface area contributed by atoms with Crippen molar-refractivity contribution in [3.63, 3.8) is 0 Å². The molecule has 0 amide bonds. The summed E-state index contributed by atoms with van der Waals surface area (Å²) in [5.74, 6) is 0.285. The number of anilines is 3. The lowest BCUT2D eigenvalue weighted by Gasteiger charge is -2.14. The Hall–Kier alpha value is -2.87. The van der Waals surface area contributed by atoms with Gasteiger partial charge in [0.25, 0.3) is 10.0 Å². The normalized spacial score (nSPS) is 11.4. The highest BCUT2D eigenvalue weighted by atomic mass is 35.5. The van der Waals surface area contributed by atoms with Crippen molar-refractivity contribution < 1.29 is 8.42 Å². The van der Waals surface area contributed by atoms with Crippen molar-refractivity contribution in [2.75, 3.05) is 10.0 Å². The van der Waals surface area contributed by atoms with Crippen LogP contribution in [0.25, 0.3) is 11.0 Å². The minimum Gasteiger partial charge on any atom is -0.337 e. The van der Waals surface area contributed by atoms with Crippen molar-refractivity contribution in [2.45, 2.75) is 11.8 Å². The van der Waals surface area contributed by atoms with Gasteiger partial charge in [-0.15, -0.1) is 0 Å². The maximum absolute atomic E-state index is 12.9. The molecule has 0 aliphatic rings. The van der Waals surface area contributed by atoms with Crippen LogP contribution < -0.4 is 10.0 Å². The van der Waals surface area contributed by atoms with Gasteiger partial charge in [-0.05, 0) is 49.4 Å². The summed E-state index contributed by atoms with van der Waals surface area (Å²) in [7, 11) is -3.87. The molecule has 4 aromatic rings. The Kier molecular flexibility index (Phi) is 5.51. The van der Waals surface area contributed by atoms with Gasteiger partial charge in [-0.2, -0.15) is 0 Å². The molecule has 3 aromatic carbocycles. The fraction of sp³-hybridized carbons (Fsp3) is 0.0476. The van der Waals surface area contributed by atoms with Crippen molar-refractivity contribution in [2.24, 2.45) is 0 Å². The summed E-state index contributed by atoms with van der Waals surface area (Å²) in [4.78, 5) is 9.12. The van der Waals surface area contributed by atoms with Gasteiger partial charge < -0.3 is 5.32 Å². The molecule has 2 N–H and O–H groups in total. The molecule has 0 saturated heterocycles. The third-order valence-electron chi connectivity index (χ3n) is 4.26. The standard InChI is InChI=1S/C21H16Cl2N4O2S/c1-13-6-8-17(9-7-13)30(28,29)27-21-20(24-16-11-14(22)10-15(23)12-16)25-18-4-2-3-5-19(18)26-21/h2-12H,1H3,(H,24,25)(H,26,27). The second-order valence-electron chi connectivity index (χ2n) is 6.61. The fourth-order valence-electron chi connectivity index (χ4n) is 2.82. The van der Waals surface area contributed by atoms with Crippen molar-refractivity contribution in [3.05, 3.63) is 82.3 Å². The van der Waals surface area contributed by atoms with Crippen LogP contribution >= 0.6 is 23.2 Å². The van der Waals surface area contributed by atoms with Crippen LogP contribution in [0.2, 0.25) is 10.0 Å². The Morgan fingerprint density at radius 3 is 1.97 bits per heavy atom. The third-order valence-corrected chi connectivity index (χ3v) is 6.05. The van der Waals surface area contributed by atoms with E-state index in [9.17, 15) is 8.42 Å². The van der Waals surface area contributed by atoms with Crippen molar-refractivity contribution >= 4 is 61.6 Å². The minimum atomic E-state index is -3.87. The van der Waals surface area contributed by atoms with E-state index < -0.39 is 10.0 Å². The SMILES string of the molecule is Cc1ccc(S(=O)(=O)Nc2nc3ccccc3nc2Nc2cc(Cl)cc(Cl)c2)cc1. The van der Waals surface area contributed by atoms with Gasteiger partial charge in [0, 0.05) is 15.7 Å². The number of halogens is 2. The average molecular weight is 459 g/mol. The van der Waals surface area contributed by atoms with Crippen LogP contribution in [0, 0.1) is 6.92 Å². The van der Waals surface area contributed by atoms with E-state index >= 15 is 0 Å². The summed E-state index contributed by atoms with van der Waals surface area (Å²) in [6.45, 7) is 1.89. The van der Waals surface area contributed by atoms with Gasteiger partial charge in [0.15, 0.2) is 11.6 Å².